The number of rotatable bonds is 5. The summed E-state index contributed by atoms with van der Waals surface area (Å²) in [5.41, 5.74) is 0. The molecule has 0 amide bonds. The van der Waals surface area contributed by atoms with E-state index in [2.05, 4.69) is 11.5 Å². The lowest BCUT2D eigenvalue weighted by atomic mass is 10.1. The third kappa shape index (κ3) is 7.28. The van der Waals surface area contributed by atoms with Crippen LogP contribution in [0.15, 0.2) is 37.0 Å². The molecule has 0 saturated carbocycles. The first-order valence-electron chi connectivity index (χ1n) is 6.70. The van der Waals surface area contributed by atoms with Crippen molar-refractivity contribution in [3.8, 4) is 0 Å². The van der Waals surface area contributed by atoms with Crippen LogP contribution in [-0.2, 0) is 4.74 Å². The summed E-state index contributed by atoms with van der Waals surface area (Å²) in [6.45, 7) is 9.71. The predicted molar refractivity (Wildman–Crippen MR) is 79.1 cm³/mol. The van der Waals surface area contributed by atoms with E-state index in [1.807, 2.05) is 38.2 Å². The van der Waals surface area contributed by atoms with Gasteiger partial charge in [-0.3, -0.25) is 4.90 Å². The van der Waals surface area contributed by atoms with Crippen molar-refractivity contribution in [1.82, 2.24) is 4.90 Å². The lowest BCUT2D eigenvalue weighted by Gasteiger charge is -2.39. The molecule has 4 heteroatoms. The summed E-state index contributed by atoms with van der Waals surface area (Å²) < 4.78 is 5.25. The Hall–Kier alpha value is -0.940. The highest BCUT2D eigenvalue weighted by Crippen LogP contribution is 2.12. The van der Waals surface area contributed by atoms with Crippen molar-refractivity contribution in [1.29, 1.82) is 0 Å². The van der Waals surface area contributed by atoms with E-state index in [4.69, 9.17) is 14.9 Å². The maximum atomic E-state index is 9.00. The number of ether oxygens (including phenoxy) is 1. The fourth-order valence-electron chi connectivity index (χ4n) is 1.92. The third-order valence-electron chi connectivity index (χ3n) is 2.90. The van der Waals surface area contributed by atoms with Crippen LogP contribution in [0.25, 0.3) is 0 Å². The number of aliphatic hydroxyl groups is 2. The molecule has 0 aromatic carbocycles. The van der Waals surface area contributed by atoms with E-state index in [-0.39, 0.29) is 25.3 Å². The second-order valence-electron chi connectivity index (χ2n) is 4.19. The normalized spacial score (nSPS) is 24.4. The van der Waals surface area contributed by atoms with Gasteiger partial charge in [0.15, 0.2) is 0 Å². The summed E-state index contributed by atoms with van der Waals surface area (Å²) in [6.07, 6.45) is 9.51. The predicted octanol–water partition coefficient (Wildman–Crippen LogP) is 1.36. The number of allylic oxidation sites excluding steroid dienone is 5. The Morgan fingerprint density at radius 2 is 1.74 bits per heavy atom. The van der Waals surface area contributed by atoms with Gasteiger partial charge in [0, 0.05) is 0 Å². The first-order chi connectivity index (χ1) is 9.24. The average Bonchev–Trinajstić information content (AvgIpc) is 2.47. The molecule has 0 radical (unpaired) electrons. The number of morpholine rings is 1. The van der Waals surface area contributed by atoms with Gasteiger partial charge in [-0.2, -0.15) is 0 Å². The third-order valence-corrected chi connectivity index (χ3v) is 2.90. The second-order valence-corrected chi connectivity index (χ2v) is 4.19. The summed E-state index contributed by atoms with van der Waals surface area (Å²) >= 11 is 0. The zero-order chi connectivity index (χ0) is 14.5. The van der Waals surface area contributed by atoms with E-state index in [9.17, 15) is 0 Å². The summed E-state index contributed by atoms with van der Waals surface area (Å²) in [4.78, 5) is 2.09. The molecule has 1 aliphatic rings. The molecule has 0 aromatic rings. The van der Waals surface area contributed by atoms with Crippen LogP contribution < -0.4 is 0 Å². The number of aliphatic hydroxyl groups excluding tert-OH is 2. The fourth-order valence-corrected chi connectivity index (χ4v) is 1.92. The van der Waals surface area contributed by atoms with Crippen LogP contribution >= 0.6 is 0 Å². The van der Waals surface area contributed by atoms with E-state index in [1.165, 1.54) is 0 Å². The van der Waals surface area contributed by atoms with E-state index in [1.54, 1.807) is 6.08 Å². The van der Waals surface area contributed by atoms with Gasteiger partial charge in [-0.1, -0.05) is 43.9 Å². The monoisotopic (exact) mass is 269 g/mol. The molecule has 2 unspecified atom stereocenters. The van der Waals surface area contributed by atoms with Crippen molar-refractivity contribution in [3.05, 3.63) is 37.0 Å². The molecule has 0 spiro atoms. The standard InChI is InChI=1S/C8H17NO3.C7H10/c1-2-9-7(3-10)5-12-6-8(9)4-11;1-3-5-7-6-4-2/h7-8,10-11H,2-6H2,1H3;3-7H,1H2,2H3/b;6-4-,7-5-. The molecule has 1 aliphatic heterocycles. The highest BCUT2D eigenvalue weighted by Gasteiger charge is 2.28. The Morgan fingerprint density at radius 1 is 1.16 bits per heavy atom. The van der Waals surface area contributed by atoms with Crippen LogP contribution in [0, 0.1) is 0 Å². The maximum Gasteiger partial charge on any atom is 0.0645 e. The lowest BCUT2D eigenvalue weighted by molar-refractivity contribution is -0.0764. The molecule has 0 aromatic heterocycles. The van der Waals surface area contributed by atoms with Crippen molar-refractivity contribution >= 4 is 0 Å². The van der Waals surface area contributed by atoms with Gasteiger partial charge in [-0.25, -0.2) is 0 Å². The van der Waals surface area contributed by atoms with E-state index in [0.717, 1.165) is 6.54 Å². The Morgan fingerprint density at radius 3 is 2.11 bits per heavy atom. The molecule has 19 heavy (non-hydrogen) atoms. The number of likely N-dealkylation sites (N-methyl/N-ethyl adjacent to an activating group) is 1. The topological polar surface area (TPSA) is 52.9 Å². The van der Waals surface area contributed by atoms with Crippen molar-refractivity contribution in [3.63, 3.8) is 0 Å². The quantitative estimate of drug-likeness (QED) is 0.740. The van der Waals surface area contributed by atoms with Gasteiger partial charge in [0.2, 0.25) is 0 Å². The van der Waals surface area contributed by atoms with Crippen LogP contribution in [0.2, 0.25) is 0 Å². The van der Waals surface area contributed by atoms with Gasteiger partial charge in [-0.15, -0.1) is 0 Å². The highest BCUT2D eigenvalue weighted by atomic mass is 16.5. The van der Waals surface area contributed by atoms with Gasteiger partial charge in [0.05, 0.1) is 38.5 Å². The molecular weight excluding hydrogens is 242 g/mol. The Bertz CT molecular complexity index is 265. The van der Waals surface area contributed by atoms with Crippen molar-refractivity contribution in [2.45, 2.75) is 25.9 Å². The molecule has 2 N–H and O–H groups in total. The summed E-state index contributed by atoms with van der Waals surface area (Å²) in [5, 5.41) is 18.0. The summed E-state index contributed by atoms with van der Waals surface area (Å²) in [7, 11) is 0. The minimum absolute atomic E-state index is 0.0564. The maximum absolute atomic E-state index is 9.00. The largest absolute Gasteiger partial charge is 0.395 e. The van der Waals surface area contributed by atoms with Crippen molar-refractivity contribution in [2.75, 3.05) is 33.0 Å². The molecule has 1 fully saturated rings. The first kappa shape index (κ1) is 18.1. The van der Waals surface area contributed by atoms with Crippen LogP contribution in [0.4, 0.5) is 0 Å². The molecule has 1 saturated heterocycles. The zero-order valence-electron chi connectivity index (χ0n) is 12.0. The van der Waals surface area contributed by atoms with Gasteiger partial charge in [0.25, 0.3) is 0 Å². The smallest absolute Gasteiger partial charge is 0.0645 e. The average molecular weight is 269 g/mol. The fraction of sp³-hybridized carbons (Fsp3) is 0.600. The summed E-state index contributed by atoms with van der Waals surface area (Å²) in [6, 6.07) is 0.113. The minimum atomic E-state index is 0.0564. The molecule has 2 atom stereocenters. The Labute approximate surface area is 116 Å². The first-order valence-corrected chi connectivity index (χ1v) is 6.70. The van der Waals surface area contributed by atoms with Crippen LogP contribution in [0.1, 0.15) is 13.8 Å². The van der Waals surface area contributed by atoms with Crippen LogP contribution in [0.3, 0.4) is 0 Å². The van der Waals surface area contributed by atoms with E-state index < -0.39 is 0 Å². The molecule has 1 rings (SSSR count). The molecule has 0 aliphatic carbocycles. The lowest BCUT2D eigenvalue weighted by Crippen LogP contribution is -2.54. The minimum Gasteiger partial charge on any atom is -0.395 e. The Kier molecular flexibility index (Phi) is 11.5. The number of hydrogen-bond acceptors (Lipinski definition) is 4. The molecule has 1 heterocycles. The Balaban J connectivity index is 0.000000399. The van der Waals surface area contributed by atoms with Gasteiger partial charge < -0.3 is 14.9 Å². The van der Waals surface area contributed by atoms with E-state index >= 15 is 0 Å². The van der Waals surface area contributed by atoms with Gasteiger partial charge in [-0.05, 0) is 13.5 Å². The zero-order valence-corrected chi connectivity index (χ0v) is 12.0. The second kappa shape index (κ2) is 12.1. The van der Waals surface area contributed by atoms with Crippen molar-refractivity contribution in [2.24, 2.45) is 0 Å². The number of hydrogen-bond donors (Lipinski definition) is 2. The SMILES string of the molecule is C=C/C=C\C=C/C.CCN1C(CO)COCC1CO. The molecule has 4 nitrogen and oxygen atoms in total. The molecule has 0 bridgehead atoms. The highest BCUT2D eigenvalue weighted by molar-refractivity contribution is 5.07. The van der Waals surface area contributed by atoms with Gasteiger partial charge in [0.1, 0.15) is 0 Å². The molecule has 110 valence electrons. The summed E-state index contributed by atoms with van der Waals surface area (Å²) in [5.74, 6) is 0. The van der Waals surface area contributed by atoms with Crippen LogP contribution in [0.5, 0.6) is 0 Å². The van der Waals surface area contributed by atoms with Gasteiger partial charge >= 0.3 is 0 Å². The van der Waals surface area contributed by atoms with Crippen molar-refractivity contribution < 1.29 is 14.9 Å². The van der Waals surface area contributed by atoms with E-state index in [0.29, 0.717) is 13.2 Å². The van der Waals surface area contributed by atoms with Crippen LogP contribution in [-0.4, -0.2) is 60.2 Å². The molecular formula is C15H27NO3. The number of nitrogens with zero attached hydrogens (tertiary/aromatic N) is 1.